The Bertz CT molecular complexity index is 690. The van der Waals surface area contributed by atoms with Crippen LogP contribution in [0.15, 0.2) is 46.9 Å². The molecule has 0 aliphatic heterocycles. The Kier molecular flexibility index (Phi) is 7.08. The number of rotatable bonds is 8. The minimum Gasteiger partial charge on any atom is -0.493 e. The number of anilines is 1. The molecule has 0 aliphatic carbocycles. The zero-order valence-electron chi connectivity index (χ0n) is 13.7. The van der Waals surface area contributed by atoms with Crippen LogP contribution in [0.3, 0.4) is 0 Å². The number of carbonyl (C=O) groups excluding carboxylic acids is 1. The first-order valence-electron chi connectivity index (χ1n) is 7.59. The summed E-state index contributed by atoms with van der Waals surface area (Å²) >= 11 is 3.41. The summed E-state index contributed by atoms with van der Waals surface area (Å²) in [6, 6.07) is 12.5. The van der Waals surface area contributed by atoms with Crippen molar-refractivity contribution in [1.82, 2.24) is 0 Å². The lowest BCUT2D eigenvalue weighted by molar-refractivity contribution is 0.102. The average Bonchev–Trinajstić information content (AvgIpc) is 2.57. The van der Waals surface area contributed by atoms with E-state index in [9.17, 15) is 4.79 Å². The van der Waals surface area contributed by atoms with E-state index >= 15 is 0 Å². The molecule has 128 valence electrons. The molecule has 1 N–H and O–H groups in total. The molecule has 0 atom stereocenters. The van der Waals surface area contributed by atoms with E-state index in [-0.39, 0.29) is 5.91 Å². The van der Waals surface area contributed by atoms with Crippen molar-refractivity contribution in [3.63, 3.8) is 0 Å². The highest BCUT2D eigenvalue weighted by atomic mass is 79.9. The summed E-state index contributed by atoms with van der Waals surface area (Å²) in [7, 11) is 1.62. The molecule has 0 radical (unpaired) electrons. The molecule has 2 rings (SSSR count). The third-order valence-electron chi connectivity index (χ3n) is 3.14. The number of nitrogens with one attached hydrogen (secondary N) is 1. The SMILES string of the molecule is CCOc1ccc(C(=O)Nc2cccc(OCCOC)c2)cc1Br. The van der Waals surface area contributed by atoms with Gasteiger partial charge >= 0.3 is 0 Å². The zero-order chi connectivity index (χ0) is 17.4. The minimum atomic E-state index is -0.201. The van der Waals surface area contributed by atoms with Crippen molar-refractivity contribution in [1.29, 1.82) is 0 Å². The van der Waals surface area contributed by atoms with Crippen LogP contribution < -0.4 is 14.8 Å². The van der Waals surface area contributed by atoms with E-state index in [1.165, 1.54) is 0 Å². The van der Waals surface area contributed by atoms with Gasteiger partial charge in [0.25, 0.3) is 5.91 Å². The molecule has 0 unspecified atom stereocenters. The number of methoxy groups -OCH3 is 1. The fraction of sp³-hybridized carbons (Fsp3) is 0.278. The highest BCUT2D eigenvalue weighted by Crippen LogP contribution is 2.26. The fourth-order valence-corrected chi connectivity index (χ4v) is 2.52. The van der Waals surface area contributed by atoms with E-state index in [0.29, 0.717) is 42.6 Å². The lowest BCUT2D eigenvalue weighted by Crippen LogP contribution is -2.12. The second-order valence-corrected chi connectivity index (χ2v) is 5.76. The quantitative estimate of drug-likeness (QED) is 0.685. The molecule has 2 aromatic rings. The van der Waals surface area contributed by atoms with Gasteiger partial charge in [0.2, 0.25) is 0 Å². The average molecular weight is 394 g/mol. The predicted octanol–water partition coefficient (Wildman–Crippen LogP) is 4.13. The number of halogens is 1. The largest absolute Gasteiger partial charge is 0.493 e. The Morgan fingerprint density at radius 2 is 1.96 bits per heavy atom. The maximum atomic E-state index is 12.4. The van der Waals surface area contributed by atoms with Crippen molar-refractivity contribution >= 4 is 27.5 Å². The molecule has 0 aromatic heterocycles. The van der Waals surface area contributed by atoms with E-state index < -0.39 is 0 Å². The van der Waals surface area contributed by atoms with Gasteiger partial charge in [0.15, 0.2) is 0 Å². The van der Waals surface area contributed by atoms with Gasteiger partial charge in [0.1, 0.15) is 18.1 Å². The van der Waals surface area contributed by atoms with E-state index in [2.05, 4.69) is 21.2 Å². The van der Waals surface area contributed by atoms with Gasteiger partial charge < -0.3 is 19.5 Å². The van der Waals surface area contributed by atoms with Crippen molar-refractivity contribution in [3.05, 3.63) is 52.5 Å². The molecule has 0 bridgehead atoms. The number of amides is 1. The van der Waals surface area contributed by atoms with Crippen LogP contribution in [-0.2, 0) is 4.74 Å². The van der Waals surface area contributed by atoms with Crippen molar-refractivity contribution < 1.29 is 19.0 Å². The summed E-state index contributed by atoms with van der Waals surface area (Å²) in [5.41, 5.74) is 1.20. The van der Waals surface area contributed by atoms with Crippen LogP contribution in [0.25, 0.3) is 0 Å². The van der Waals surface area contributed by atoms with Gasteiger partial charge in [-0.05, 0) is 53.2 Å². The van der Waals surface area contributed by atoms with E-state index in [1.54, 1.807) is 31.4 Å². The number of benzene rings is 2. The van der Waals surface area contributed by atoms with Gasteiger partial charge in [0, 0.05) is 24.4 Å². The van der Waals surface area contributed by atoms with Gasteiger partial charge in [-0.3, -0.25) is 4.79 Å². The summed E-state index contributed by atoms with van der Waals surface area (Å²) in [6.45, 7) is 3.45. The maximum absolute atomic E-state index is 12.4. The summed E-state index contributed by atoms with van der Waals surface area (Å²) in [5, 5.41) is 2.86. The second kappa shape index (κ2) is 9.30. The van der Waals surface area contributed by atoms with Crippen LogP contribution in [0.2, 0.25) is 0 Å². The molecular weight excluding hydrogens is 374 g/mol. The number of ether oxygens (including phenoxy) is 3. The van der Waals surface area contributed by atoms with Crippen molar-refractivity contribution in [2.24, 2.45) is 0 Å². The van der Waals surface area contributed by atoms with Crippen LogP contribution in [-0.4, -0.2) is 32.8 Å². The predicted molar refractivity (Wildman–Crippen MR) is 97.1 cm³/mol. The van der Waals surface area contributed by atoms with Gasteiger partial charge in [-0.25, -0.2) is 0 Å². The molecule has 6 heteroatoms. The van der Waals surface area contributed by atoms with Crippen LogP contribution in [0.4, 0.5) is 5.69 Å². The molecule has 24 heavy (non-hydrogen) atoms. The molecule has 5 nitrogen and oxygen atoms in total. The summed E-state index contributed by atoms with van der Waals surface area (Å²) in [4.78, 5) is 12.4. The molecule has 0 saturated heterocycles. The Morgan fingerprint density at radius 1 is 1.12 bits per heavy atom. The van der Waals surface area contributed by atoms with E-state index in [1.807, 2.05) is 25.1 Å². The number of hydrogen-bond acceptors (Lipinski definition) is 4. The van der Waals surface area contributed by atoms with Gasteiger partial charge in [-0.1, -0.05) is 6.07 Å². The zero-order valence-corrected chi connectivity index (χ0v) is 15.3. The number of hydrogen-bond donors (Lipinski definition) is 1. The smallest absolute Gasteiger partial charge is 0.255 e. The van der Waals surface area contributed by atoms with Gasteiger partial charge in [0.05, 0.1) is 17.7 Å². The molecule has 2 aromatic carbocycles. The van der Waals surface area contributed by atoms with Crippen molar-refractivity contribution in [2.45, 2.75) is 6.92 Å². The molecule has 0 heterocycles. The van der Waals surface area contributed by atoms with Gasteiger partial charge in [-0.2, -0.15) is 0 Å². The van der Waals surface area contributed by atoms with E-state index in [4.69, 9.17) is 14.2 Å². The summed E-state index contributed by atoms with van der Waals surface area (Å²) < 4.78 is 16.7. The Balaban J connectivity index is 2.04. The Hall–Kier alpha value is -2.05. The first-order valence-corrected chi connectivity index (χ1v) is 8.39. The van der Waals surface area contributed by atoms with Crippen molar-refractivity contribution in [3.8, 4) is 11.5 Å². The van der Waals surface area contributed by atoms with Crippen LogP contribution >= 0.6 is 15.9 Å². The molecular formula is C18H20BrNO4. The lowest BCUT2D eigenvalue weighted by Gasteiger charge is -2.10. The topological polar surface area (TPSA) is 56.8 Å². The van der Waals surface area contributed by atoms with Crippen LogP contribution in [0.1, 0.15) is 17.3 Å². The summed E-state index contributed by atoms with van der Waals surface area (Å²) in [6.07, 6.45) is 0. The Labute approximate surface area is 150 Å². The standard InChI is InChI=1S/C18H20BrNO4/c1-3-23-17-8-7-13(11-16(17)19)18(21)20-14-5-4-6-15(12-14)24-10-9-22-2/h4-8,11-12H,3,9-10H2,1-2H3,(H,20,21). The second-order valence-electron chi connectivity index (χ2n) is 4.90. The van der Waals surface area contributed by atoms with E-state index in [0.717, 1.165) is 4.47 Å². The first-order chi connectivity index (χ1) is 11.6. The monoisotopic (exact) mass is 393 g/mol. The number of carbonyl (C=O) groups is 1. The fourth-order valence-electron chi connectivity index (χ4n) is 2.02. The molecule has 0 fully saturated rings. The van der Waals surface area contributed by atoms with Crippen molar-refractivity contribution in [2.75, 3.05) is 32.2 Å². The highest BCUT2D eigenvalue weighted by Gasteiger charge is 2.10. The summed E-state index contributed by atoms with van der Waals surface area (Å²) in [5.74, 6) is 1.19. The third-order valence-corrected chi connectivity index (χ3v) is 3.76. The minimum absolute atomic E-state index is 0.201. The normalized spacial score (nSPS) is 10.3. The molecule has 0 aliphatic rings. The lowest BCUT2D eigenvalue weighted by atomic mass is 10.2. The molecule has 1 amide bonds. The first kappa shape index (κ1) is 18.3. The van der Waals surface area contributed by atoms with Crippen LogP contribution in [0.5, 0.6) is 11.5 Å². The van der Waals surface area contributed by atoms with Gasteiger partial charge in [-0.15, -0.1) is 0 Å². The third kappa shape index (κ3) is 5.25. The maximum Gasteiger partial charge on any atom is 0.255 e. The highest BCUT2D eigenvalue weighted by molar-refractivity contribution is 9.10. The Morgan fingerprint density at radius 3 is 2.67 bits per heavy atom. The van der Waals surface area contributed by atoms with Crippen LogP contribution in [0, 0.1) is 0 Å². The molecule has 0 saturated carbocycles. The molecule has 0 spiro atoms.